The van der Waals surface area contributed by atoms with E-state index in [1.54, 1.807) is 13.0 Å². The van der Waals surface area contributed by atoms with E-state index >= 15 is 0 Å². The summed E-state index contributed by atoms with van der Waals surface area (Å²) in [5.41, 5.74) is 5.85. The number of ether oxygens (including phenoxy) is 1. The van der Waals surface area contributed by atoms with Gasteiger partial charge < -0.3 is 15.3 Å². The zero-order valence-electron chi connectivity index (χ0n) is 16.2. The molecule has 2 unspecified atom stereocenters. The average molecular weight is 396 g/mol. The number of phenols is 1. The maximum Gasteiger partial charge on any atom is 0.315 e. The third-order valence-electron chi connectivity index (χ3n) is 5.50. The Bertz CT molecular complexity index is 932. The Morgan fingerprint density at radius 2 is 2.14 bits per heavy atom. The van der Waals surface area contributed by atoms with Gasteiger partial charge in [-0.2, -0.15) is 5.10 Å². The molecule has 0 radical (unpaired) electrons. The van der Waals surface area contributed by atoms with E-state index in [4.69, 9.17) is 4.74 Å². The van der Waals surface area contributed by atoms with Gasteiger partial charge in [0.25, 0.3) is 0 Å². The van der Waals surface area contributed by atoms with Crippen LogP contribution in [0.2, 0.25) is 0 Å². The summed E-state index contributed by atoms with van der Waals surface area (Å²) in [5, 5.41) is 26.1. The standard InChI is InChI=1S/C21H24N4O4/c1-2-29-19-11-15(10-18(21(19)26)25(27)28)20-16-13-24(9-8-17(16)22-23-20)12-14-6-4-3-5-7-14/h3-7,10-11,16,20,23,26H,2,8-9,12-13H2,1H3. The van der Waals surface area contributed by atoms with E-state index < -0.39 is 10.7 Å². The van der Waals surface area contributed by atoms with Crippen molar-refractivity contribution in [3.05, 3.63) is 63.7 Å². The van der Waals surface area contributed by atoms with Crippen molar-refractivity contribution in [1.29, 1.82) is 0 Å². The van der Waals surface area contributed by atoms with Crippen LogP contribution in [0.3, 0.4) is 0 Å². The minimum absolute atomic E-state index is 0.117. The van der Waals surface area contributed by atoms with Gasteiger partial charge in [0.15, 0.2) is 5.75 Å². The zero-order valence-corrected chi connectivity index (χ0v) is 16.2. The Kier molecular flexibility index (Phi) is 5.35. The second-order valence-corrected chi connectivity index (χ2v) is 7.36. The summed E-state index contributed by atoms with van der Waals surface area (Å²) in [6.07, 6.45) is 0.861. The van der Waals surface area contributed by atoms with E-state index in [9.17, 15) is 15.2 Å². The number of nitrogens with one attached hydrogen (secondary N) is 1. The lowest BCUT2D eigenvalue weighted by Gasteiger charge is -2.33. The van der Waals surface area contributed by atoms with Crippen LogP contribution < -0.4 is 10.2 Å². The second-order valence-electron chi connectivity index (χ2n) is 7.36. The third kappa shape index (κ3) is 3.88. The highest BCUT2D eigenvalue weighted by Gasteiger charge is 2.38. The lowest BCUT2D eigenvalue weighted by Crippen LogP contribution is -2.41. The molecule has 0 aromatic heterocycles. The second kappa shape index (κ2) is 8.08. The van der Waals surface area contributed by atoms with E-state index in [1.165, 1.54) is 11.6 Å². The fraction of sp³-hybridized carbons (Fsp3) is 0.381. The van der Waals surface area contributed by atoms with Gasteiger partial charge in [0, 0.05) is 43.8 Å². The van der Waals surface area contributed by atoms with Crippen molar-refractivity contribution in [3.63, 3.8) is 0 Å². The molecule has 29 heavy (non-hydrogen) atoms. The summed E-state index contributed by atoms with van der Waals surface area (Å²) in [6, 6.07) is 13.2. The number of piperidine rings is 1. The first-order valence-electron chi connectivity index (χ1n) is 9.79. The molecule has 2 aromatic rings. The molecule has 0 aliphatic carbocycles. The average Bonchev–Trinajstić information content (AvgIpc) is 3.13. The Labute approximate surface area is 168 Å². The molecule has 4 rings (SSSR count). The summed E-state index contributed by atoms with van der Waals surface area (Å²) >= 11 is 0. The van der Waals surface area contributed by atoms with Gasteiger partial charge in [0.1, 0.15) is 0 Å². The fourth-order valence-electron chi connectivity index (χ4n) is 4.10. The summed E-state index contributed by atoms with van der Waals surface area (Å²) in [5.74, 6) is -0.191. The molecule has 2 aromatic carbocycles. The summed E-state index contributed by atoms with van der Waals surface area (Å²) in [4.78, 5) is 13.2. The highest BCUT2D eigenvalue weighted by atomic mass is 16.6. The van der Waals surface area contributed by atoms with E-state index in [1.807, 2.05) is 18.2 Å². The summed E-state index contributed by atoms with van der Waals surface area (Å²) in [6.45, 7) is 4.68. The number of nitro benzene ring substituents is 1. The first kappa shape index (κ1) is 19.2. The molecule has 1 fully saturated rings. The third-order valence-corrected chi connectivity index (χ3v) is 5.50. The lowest BCUT2D eigenvalue weighted by molar-refractivity contribution is -0.386. The number of hydrogen-bond acceptors (Lipinski definition) is 7. The Morgan fingerprint density at radius 1 is 1.34 bits per heavy atom. The highest BCUT2D eigenvalue weighted by molar-refractivity contribution is 5.90. The number of phenolic OH excluding ortho intramolecular Hbond substituents is 1. The molecule has 0 bridgehead atoms. The quantitative estimate of drug-likeness (QED) is 0.574. The van der Waals surface area contributed by atoms with E-state index in [2.05, 4.69) is 27.6 Å². The normalized spacial score (nSPS) is 21.2. The molecule has 2 heterocycles. The van der Waals surface area contributed by atoms with Crippen LogP contribution in [-0.4, -0.2) is 40.3 Å². The first-order valence-corrected chi connectivity index (χ1v) is 9.79. The number of rotatable bonds is 6. The summed E-state index contributed by atoms with van der Waals surface area (Å²) in [7, 11) is 0. The molecular weight excluding hydrogens is 372 g/mol. The van der Waals surface area contributed by atoms with Gasteiger partial charge in [-0.3, -0.25) is 15.0 Å². The van der Waals surface area contributed by atoms with Gasteiger partial charge in [-0.15, -0.1) is 0 Å². The topological polar surface area (TPSA) is 100 Å². The smallest absolute Gasteiger partial charge is 0.315 e. The maximum absolute atomic E-state index is 11.4. The molecule has 2 aliphatic heterocycles. The Morgan fingerprint density at radius 3 is 2.86 bits per heavy atom. The number of nitro groups is 1. The number of benzene rings is 2. The van der Waals surface area contributed by atoms with Gasteiger partial charge in [0.2, 0.25) is 5.75 Å². The van der Waals surface area contributed by atoms with Crippen LogP contribution in [-0.2, 0) is 6.54 Å². The number of hydrazone groups is 1. The van der Waals surface area contributed by atoms with Gasteiger partial charge >= 0.3 is 5.69 Å². The molecule has 2 atom stereocenters. The molecule has 0 spiro atoms. The maximum atomic E-state index is 11.4. The SMILES string of the molecule is CCOc1cc(C2NN=C3CCN(Cc4ccccc4)CC32)cc([N+](=O)[O-])c1O. The van der Waals surface area contributed by atoms with Crippen molar-refractivity contribution in [2.75, 3.05) is 19.7 Å². The largest absolute Gasteiger partial charge is 0.500 e. The van der Waals surface area contributed by atoms with E-state index in [0.717, 1.165) is 31.8 Å². The monoisotopic (exact) mass is 396 g/mol. The minimum atomic E-state index is -0.583. The first-order chi connectivity index (χ1) is 14.1. The molecule has 2 aliphatic rings. The zero-order chi connectivity index (χ0) is 20.4. The van der Waals surface area contributed by atoms with Gasteiger partial charge in [-0.25, -0.2) is 0 Å². The van der Waals surface area contributed by atoms with Crippen molar-refractivity contribution >= 4 is 11.4 Å². The van der Waals surface area contributed by atoms with Crippen LogP contribution in [0.15, 0.2) is 47.6 Å². The Balaban J connectivity index is 1.58. The van der Waals surface area contributed by atoms with Gasteiger partial charge in [0.05, 0.1) is 17.6 Å². The molecule has 0 amide bonds. The van der Waals surface area contributed by atoms with Crippen LogP contribution >= 0.6 is 0 Å². The molecule has 8 nitrogen and oxygen atoms in total. The van der Waals surface area contributed by atoms with Gasteiger partial charge in [-0.05, 0) is 24.1 Å². The lowest BCUT2D eigenvalue weighted by atomic mass is 9.86. The fourth-order valence-corrected chi connectivity index (χ4v) is 4.10. The van der Waals surface area contributed by atoms with Crippen molar-refractivity contribution in [2.24, 2.45) is 11.0 Å². The van der Waals surface area contributed by atoms with Crippen LogP contribution in [0.25, 0.3) is 0 Å². The minimum Gasteiger partial charge on any atom is -0.500 e. The summed E-state index contributed by atoms with van der Waals surface area (Å²) < 4.78 is 5.43. The molecule has 8 heteroatoms. The number of fused-ring (bicyclic) bond motifs is 1. The molecular formula is C21H24N4O4. The number of nitrogens with zero attached hydrogens (tertiary/aromatic N) is 3. The predicted molar refractivity (Wildman–Crippen MR) is 109 cm³/mol. The number of aromatic hydroxyl groups is 1. The van der Waals surface area contributed by atoms with E-state index in [0.29, 0.717) is 12.2 Å². The van der Waals surface area contributed by atoms with Crippen LogP contribution in [0.1, 0.15) is 30.5 Å². The van der Waals surface area contributed by atoms with Crippen LogP contribution in [0.4, 0.5) is 5.69 Å². The van der Waals surface area contributed by atoms with E-state index in [-0.39, 0.29) is 23.4 Å². The highest BCUT2D eigenvalue weighted by Crippen LogP contribution is 2.42. The molecule has 1 saturated heterocycles. The van der Waals surface area contributed by atoms with Crippen molar-refractivity contribution in [1.82, 2.24) is 10.3 Å². The van der Waals surface area contributed by atoms with Crippen molar-refractivity contribution < 1.29 is 14.8 Å². The number of hydrogen-bond donors (Lipinski definition) is 2. The number of likely N-dealkylation sites (tertiary alicyclic amines) is 1. The van der Waals surface area contributed by atoms with Crippen molar-refractivity contribution in [2.45, 2.75) is 25.9 Å². The van der Waals surface area contributed by atoms with Gasteiger partial charge in [-0.1, -0.05) is 30.3 Å². The predicted octanol–water partition coefficient (Wildman–Crippen LogP) is 3.22. The molecule has 2 N–H and O–H groups in total. The van der Waals surface area contributed by atoms with Crippen molar-refractivity contribution in [3.8, 4) is 11.5 Å². The molecule has 0 saturated carbocycles. The molecule has 152 valence electrons. The van der Waals surface area contributed by atoms with Crippen LogP contribution in [0, 0.1) is 16.0 Å². The Hall–Kier alpha value is -3.13. The van der Waals surface area contributed by atoms with Crippen LogP contribution in [0.5, 0.6) is 11.5 Å².